The molecule has 1 aromatic rings. The molecule has 2 rings (SSSR count). The van der Waals surface area contributed by atoms with E-state index in [4.69, 9.17) is 4.74 Å². The van der Waals surface area contributed by atoms with Crippen LogP contribution in [0, 0.1) is 15.9 Å². The summed E-state index contributed by atoms with van der Waals surface area (Å²) in [6, 6.07) is 1.75. The number of piperidine rings is 1. The number of benzene rings is 1. The van der Waals surface area contributed by atoms with Gasteiger partial charge in [-0.1, -0.05) is 11.6 Å². The molecule has 1 aromatic carbocycles. The van der Waals surface area contributed by atoms with Crippen molar-refractivity contribution in [3.8, 4) is 5.75 Å². The van der Waals surface area contributed by atoms with Crippen molar-refractivity contribution in [1.82, 2.24) is 4.90 Å². The number of hydrogen-bond acceptors (Lipinski definition) is 5. The van der Waals surface area contributed by atoms with Crippen molar-refractivity contribution in [2.45, 2.75) is 39.2 Å². The Hall–Kier alpha value is -2.64. The maximum Gasteiger partial charge on any atom is 0.410 e. The maximum absolute atomic E-state index is 13.9. The molecule has 25 heavy (non-hydrogen) atoms. The zero-order chi connectivity index (χ0) is 18.8. The van der Waals surface area contributed by atoms with E-state index in [1.165, 1.54) is 6.08 Å². The van der Waals surface area contributed by atoms with E-state index in [9.17, 15) is 24.4 Å². The SMILES string of the molecule is CC(C)(C)OC(=O)N1CCC(=Cc2cc([N+](=O)[O-])c(O)cc2F)CC1. The summed E-state index contributed by atoms with van der Waals surface area (Å²) in [5, 5.41) is 20.3. The Balaban J connectivity index is 2.09. The average Bonchev–Trinajstić information content (AvgIpc) is 2.48. The third-order valence-corrected chi connectivity index (χ3v) is 3.71. The highest BCUT2D eigenvalue weighted by Crippen LogP contribution is 2.31. The van der Waals surface area contributed by atoms with E-state index in [0.717, 1.165) is 17.7 Å². The Bertz CT molecular complexity index is 714. The van der Waals surface area contributed by atoms with Gasteiger partial charge in [-0.3, -0.25) is 10.1 Å². The van der Waals surface area contributed by atoms with E-state index in [1.807, 2.05) is 0 Å². The van der Waals surface area contributed by atoms with Crippen LogP contribution in [0.25, 0.3) is 6.08 Å². The average molecular weight is 352 g/mol. The van der Waals surface area contributed by atoms with Gasteiger partial charge in [0.2, 0.25) is 0 Å². The largest absolute Gasteiger partial charge is 0.502 e. The van der Waals surface area contributed by atoms with E-state index < -0.39 is 33.9 Å². The van der Waals surface area contributed by atoms with Gasteiger partial charge in [-0.05, 0) is 33.6 Å². The van der Waals surface area contributed by atoms with Crippen molar-refractivity contribution in [3.63, 3.8) is 0 Å². The third kappa shape index (κ3) is 4.91. The zero-order valence-electron chi connectivity index (χ0n) is 14.4. The summed E-state index contributed by atoms with van der Waals surface area (Å²) < 4.78 is 19.2. The second-order valence-electron chi connectivity index (χ2n) is 6.89. The Kier molecular flexibility index (Phi) is 5.30. The van der Waals surface area contributed by atoms with E-state index in [2.05, 4.69) is 0 Å². The molecule has 0 spiro atoms. The van der Waals surface area contributed by atoms with Crippen LogP contribution in [-0.4, -0.2) is 39.7 Å². The molecule has 0 bridgehead atoms. The fraction of sp³-hybridized carbons (Fsp3) is 0.471. The van der Waals surface area contributed by atoms with Crippen LogP contribution in [-0.2, 0) is 4.74 Å². The predicted octanol–water partition coefficient (Wildman–Crippen LogP) is 3.85. The second kappa shape index (κ2) is 7.08. The molecule has 1 aliphatic heterocycles. The Morgan fingerprint density at radius 1 is 1.36 bits per heavy atom. The molecule has 7 nitrogen and oxygen atoms in total. The van der Waals surface area contributed by atoms with Gasteiger partial charge in [0.1, 0.15) is 11.4 Å². The summed E-state index contributed by atoms with van der Waals surface area (Å²) in [4.78, 5) is 23.7. The van der Waals surface area contributed by atoms with Crippen LogP contribution >= 0.6 is 0 Å². The summed E-state index contributed by atoms with van der Waals surface area (Å²) >= 11 is 0. The first kappa shape index (κ1) is 18.7. The normalized spacial score (nSPS) is 15.0. The number of phenols is 1. The summed E-state index contributed by atoms with van der Waals surface area (Å²) in [6.45, 7) is 6.24. The highest BCUT2D eigenvalue weighted by Gasteiger charge is 2.25. The van der Waals surface area contributed by atoms with E-state index in [1.54, 1.807) is 25.7 Å². The number of hydrogen-bond donors (Lipinski definition) is 1. The summed E-state index contributed by atoms with van der Waals surface area (Å²) in [7, 11) is 0. The standard InChI is InChI=1S/C17H21FN2O5/c1-17(2,3)25-16(22)19-6-4-11(5-7-19)8-12-9-14(20(23)24)15(21)10-13(12)18/h8-10,21H,4-7H2,1-3H3. The minimum atomic E-state index is -0.762. The van der Waals surface area contributed by atoms with Crippen molar-refractivity contribution in [2.24, 2.45) is 0 Å². The lowest BCUT2D eigenvalue weighted by Gasteiger charge is -2.31. The molecule has 1 N–H and O–H groups in total. The number of amides is 1. The van der Waals surface area contributed by atoms with Crippen molar-refractivity contribution in [1.29, 1.82) is 0 Å². The van der Waals surface area contributed by atoms with Crippen molar-refractivity contribution >= 4 is 17.9 Å². The molecule has 0 aliphatic carbocycles. The van der Waals surface area contributed by atoms with Gasteiger partial charge in [0.05, 0.1) is 4.92 Å². The zero-order valence-corrected chi connectivity index (χ0v) is 14.4. The number of halogens is 1. The van der Waals surface area contributed by atoms with Crippen LogP contribution in [0.15, 0.2) is 17.7 Å². The van der Waals surface area contributed by atoms with Gasteiger partial charge in [-0.2, -0.15) is 0 Å². The van der Waals surface area contributed by atoms with Gasteiger partial charge < -0.3 is 14.7 Å². The summed E-state index contributed by atoms with van der Waals surface area (Å²) in [5.41, 5.74) is -0.190. The first-order valence-electron chi connectivity index (χ1n) is 7.91. The molecular formula is C17H21FN2O5. The van der Waals surface area contributed by atoms with Crippen molar-refractivity contribution in [3.05, 3.63) is 39.2 Å². The number of likely N-dealkylation sites (tertiary alicyclic amines) is 1. The third-order valence-electron chi connectivity index (χ3n) is 3.71. The Morgan fingerprint density at radius 2 is 1.96 bits per heavy atom. The molecule has 1 aliphatic rings. The number of ether oxygens (including phenoxy) is 1. The molecule has 0 unspecified atom stereocenters. The molecule has 8 heteroatoms. The van der Waals surface area contributed by atoms with Crippen molar-refractivity contribution < 1.29 is 24.0 Å². The number of carbonyl (C=O) groups is 1. The predicted molar refractivity (Wildman–Crippen MR) is 89.7 cm³/mol. The molecule has 0 radical (unpaired) electrons. The monoisotopic (exact) mass is 352 g/mol. The van der Waals surface area contributed by atoms with Gasteiger partial charge in [0.25, 0.3) is 0 Å². The topological polar surface area (TPSA) is 92.9 Å². The Morgan fingerprint density at radius 3 is 2.48 bits per heavy atom. The lowest BCUT2D eigenvalue weighted by atomic mass is 10.0. The van der Waals surface area contributed by atoms with Crippen LogP contribution in [0.5, 0.6) is 5.75 Å². The van der Waals surface area contributed by atoms with Gasteiger partial charge in [0, 0.05) is 30.8 Å². The van der Waals surface area contributed by atoms with Gasteiger partial charge in [-0.15, -0.1) is 0 Å². The van der Waals surface area contributed by atoms with Crippen LogP contribution in [0.3, 0.4) is 0 Å². The maximum atomic E-state index is 13.9. The molecule has 0 atom stereocenters. The lowest BCUT2D eigenvalue weighted by molar-refractivity contribution is -0.385. The highest BCUT2D eigenvalue weighted by molar-refractivity contribution is 5.69. The van der Waals surface area contributed by atoms with E-state index >= 15 is 0 Å². The van der Waals surface area contributed by atoms with Crippen LogP contribution in [0.1, 0.15) is 39.2 Å². The van der Waals surface area contributed by atoms with E-state index in [-0.39, 0.29) is 5.56 Å². The summed E-state index contributed by atoms with van der Waals surface area (Å²) in [5.74, 6) is -1.44. The molecule has 1 amide bonds. The smallest absolute Gasteiger partial charge is 0.410 e. The fourth-order valence-corrected chi connectivity index (χ4v) is 2.49. The number of carbonyl (C=O) groups excluding carboxylic acids is 1. The van der Waals surface area contributed by atoms with E-state index in [0.29, 0.717) is 25.9 Å². The van der Waals surface area contributed by atoms with Crippen molar-refractivity contribution in [2.75, 3.05) is 13.1 Å². The number of aromatic hydroxyl groups is 1. The minimum absolute atomic E-state index is 0.0465. The molecular weight excluding hydrogens is 331 g/mol. The molecule has 136 valence electrons. The first-order chi connectivity index (χ1) is 11.6. The van der Waals surface area contributed by atoms with Gasteiger partial charge in [0.15, 0.2) is 5.75 Å². The molecule has 0 aromatic heterocycles. The number of nitrogens with zero attached hydrogens (tertiary/aromatic N) is 2. The number of rotatable bonds is 2. The van der Waals surface area contributed by atoms with Gasteiger partial charge >= 0.3 is 11.8 Å². The van der Waals surface area contributed by atoms with Gasteiger partial charge in [-0.25, -0.2) is 9.18 Å². The Labute approximate surface area is 144 Å². The molecule has 1 fully saturated rings. The molecule has 1 heterocycles. The molecule has 1 saturated heterocycles. The lowest BCUT2D eigenvalue weighted by Crippen LogP contribution is -2.40. The number of phenolic OH excluding ortho intramolecular Hbond substituents is 1. The first-order valence-corrected chi connectivity index (χ1v) is 7.91. The second-order valence-corrected chi connectivity index (χ2v) is 6.89. The quantitative estimate of drug-likeness (QED) is 0.644. The summed E-state index contributed by atoms with van der Waals surface area (Å²) in [6.07, 6.45) is 2.19. The fourth-order valence-electron chi connectivity index (χ4n) is 2.49. The number of nitro groups is 1. The minimum Gasteiger partial charge on any atom is -0.502 e. The van der Waals surface area contributed by atoms with Crippen LogP contribution in [0.2, 0.25) is 0 Å². The van der Waals surface area contributed by atoms with Crippen LogP contribution in [0.4, 0.5) is 14.9 Å². The van der Waals surface area contributed by atoms with Crippen LogP contribution < -0.4 is 0 Å². The number of nitro benzene ring substituents is 1. The highest BCUT2D eigenvalue weighted by atomic mass is 19.1. The molecule has 0 saturated carbocycles.